The third kappa shape index (κ3) is 5.08. The van der Waals surface area contributed by atoms with Crippen LogP contribution < -0.4 is 10.0 Å². The number of halogens is 1. The molecule has 2 aromatic heterocycles. The fourth-order valence-corrected chi connectivity index (χ4v) is 4.69. The number of nitrogens with one attached hydrogen (secondary N) is 2. The number of hydrogen-bond donors (Lipinski definition) is 2. The van der Waals surface area contributed by atoms with E-state index in [1.807, 2.05) is 12.1 Å². The zero-order valence-corrected chi connectivity index (χ0v) is 18.2. The Morgan fingerprint density at radius 2 is 1.81 bits per heavy atom. The van der Waals surface area contributed by atoms with Gasteiger partial charge in [-0.2, -0.15) is 0 Å². The lowest BCUT2D eigenvalue weighted by atomic mass is 10.2. The van der Waals surface area contributed by atoms with E-state index in [-0.39, 0.29) is 10.5 Å². The molecule has 0 saturated heterocycles. The molecule has 0 fully saturated rings. The molecule has 0 unspecified atom stereocenters. The van der Waals surface area contributed by atoms with Crippen LogP contribution in [0.1, 0.15) is 10.4 Å². The minimum Gasteiger partial charge on any atom is -0.298 e. The summed E-state index contributed by atoms with van der Waals surface area (Å²) in [6.07, 6.45) is 1.66. The zero-order valence-electron chi connectivity index (χ0n) is 15.8. The van der Waals surface area contributed by atoms with E-state index in [9.17, 15) is 13.2 Å². The molecule has 0 aliphatic rings. The summed E-state index contributed by atoms with van der Waals surface area (Å²) in [5, 5.41) is 5.27. The van der Waals surface area contributed by atoms with Crippen molar-refractivity contribution in [3.8, 4) is 11.4 Å². The van der Waals surface area contributed by atoms with E-state index in [0.29, 0.717) is 27.2 Å². The standard InChI is InChI=1S/C21H15ClN4O3S2/c22-15-6-4-7-16(12-15)26-31(28,29)17-8-3-5-14(11-17)20(27)25-21-24-19(13-30-21)18-9-1-2-10-23-18/h1-13,26H,(H,24,25,27). The topological polar surface area (TPSA) is 101 Å². The maximum absolute atomic E-state index is 12.7. The molecule has 10 heteroatoms. The predicted octanol–water partition coefficient (Wildman–Crippen LogP) is 4.91. The van der Waals surface area contributed by atoms with Gasteiger partial charge in [-0.15, -0.1) is 11.3 Å². The number of carbonyl (C=O) groups excluding carboxylic acids is 1. The first-order valence-electron chi connectivity index (χ1n) is 8.97. The van der Waals surface area contributed by atoms with E-state index in [4.69, 9.17) is 11.6 Å². The molecule has 31 heavy (non-hydrogen) atoms. The lowest BCUT2D eigenvalue weighted by molar-refractivity contribution is 0.102. The summed E-state index contributed by atoms with van der Waals surface area (Å²) in [4.78, 5) is 21.2. The number of aromatic nitrogens is 2. The molecule has 0 aliphatic carbocycles. The lowest BCUT2D eigenvalue weighted by Crippen LogP contribution is -2.16. The number of amides is 1. The minimum absolute atomic E-state index is 0.0477. The lowest BCUT2D eigenvalue weighted by Gasteiger charge is -2.09. The summed E-state index contributed by atoms with van der Waals surface area (Å²) >= 11 is 7.16. The minimum atomic E-state index is -3.90. The zero-order chi connectivity index (χ0) is 21.8. The number of pyridine rings is 1. The van der Waals surface area contributed by atoms with Crippen LogP contribution in [0.15, 0.2) is 83.2 Å². The van der Waals surface area contributed by atoms with Crippen molar-refractivity contribution in [1.29, 1.82) is 0 Å². The number of rotatable bonds is 6. The number of hydrogen-bond acceptors (Lipinski definition) is 6. The van der Waals surface area contributed by atoms with E-state index < -0.39 is 15.9 Å². The molecule has 2 aromatic carbocycles. The van der Waals surface area contributed by atoms with E-state index in [1.165, 1.54) is 41.7 Å². The summed E-state index contributed by atoms with van der Waals surface area (Å²) in [6, 6.07) is 17.6. The Kier molecular flexibility index (Phi) is 5.99. The molecule has 2 heterocycles. The SMILES string of the molecule is O=C(Nc1nc(-c2ccccn2)cs1)c1cccc(S(=O)(=O)Nc2cccc(Cl)c2)c1. The normalized spacial score (nSPS) is 11.1. The summed E-state index contributed by atoms with van der Waals surface area (Å²) in [5.41, 5.74) is 1.85. The van der Waals surface area contributed by atoms with E-state index in [1.54, 1.807) is 35.8 Å². The van der Waals surface area contributed by atoms with Gasteiger partial charge in [-0.05, 0) is 48.5 Å². The van der Waals surface area contributed by atoms with Crippen LogP contribution in [-0.4, -0.2) is 24.3 Å². The molecule has 0 aliphatic heterocycles. The molecule has 0 spiro atoms. The van der Waals surface area contributed by atoms with Gasteiger partial charge in [0.15, 0.2) is 5.13 Å². The second-order valence-electron chi connectivity index (χ2n) is 6.35. The van der Waals surface area contributed by atoms with Gasteiger partial charge >= 0.3 is 0 Å². The number of anilines is 2. The van der Waals surface area contributed by atoms with Gasteiger partial charge < -0.3 is 0 Å². The first-order valence-corrected chi connectivity index (χ1v) is 11.7. The second-order valence-corrected chi connectivity index (χ2v) is 9.33. The molecule has 0 bridgehead atoms. The largest absolute Gasteiger partial charge is 0.298 e. The van der Waals surface area contributed by atoms with Gasteiger partial charge in [0.05, 0.1) is 16.3 Å². The van der Waals surface area contributed by atoms with Crippen molar-refractivity contribution in [3.05, 3.63) is 88.9 Å². The highest BCUT2D eigenvalue weighted by molar-refractivity contribution is 7.92. The van der Waals surface area contributed by atoms with Gasteiger partial charge in [-0.3, -0.25) is 19.8 Å². The Bertz CT molecular complexity index is 1340. The van der Waals surface area contributed by atoms with E-state index >= 15 is 0 Å². The van der Waals surface area contributed by atoms with Crippen LogP contribution >= 0.6 is 22.9 Å². The average molecular weight is 471 g/mol. The molecule has 4 rings (SSSR count). The Morgan fingerprint density at radius 3 is 2.58 bits per heavy atom. The van der Waals surface area contributed by atoms with Crippen LogP contribution in [0.25, 0.3) is 11.4 Å². The summed E-state index contributed by atoms with van der Waals surface area (Å²) < 4.78 is 27.9. The molecule has 1 amide bonds. The molecule has 0 atom stereocenters. The maximum atomic E-state index is 12.7. The number of sulfonamides is 1. The molecule has 7 nitrogen and oxygen atoms in total. The highest BCUT2D eigenvalue weighted by Crippen LogP contribution is 2.24. The monoisotopic (exact) mass is 470 g/mol. The number of thiazole rings is 1. The molecular weight excluding hydrogens is 456 g/mol. The first kappa shape index (κ1) is 21.0. The third-order valence-electron chi connectivity index (χ3n) is 4.14. The van der Waals surface area contributed by atoms with Crippen molar-refractivity contribution < 1.29 is 13.2 Å². The molecule has 0 saturated carbocycles. The van der Waals surface area contributed by atoms with E-state index in [2.05, 4.69) is 20.0 Å². The van der Waals surface area contributed by atoms with Crippen molar-refractivity contribution in [1.82, 2.24) is 9.97 Å². The van der Waals surface area contributed by atoms with Crippen molar-refractivity contribution in [2.45, 2.75) is 4.90 Å². The van der Waals surface area contributed by atoms with Crippen LogP contribution in [0.2, 0.25) is 5.02 Å². The maximum Gasteiger partial charge on any atom is 0.261 e. The fourth-order valence-electron chi connectivity index (χ4n) is 2.70. The van der Waals surface area contributed by atoms with Gasteiger partial charge in [0, 0.05) is 22.2 Å². The van der Waals surface area contributed by atoms with Crippen molar-refractivity contribution >= 4 is 49.7 Å². The predicted molar refractivity (Wildman–Crippen MR) is 122 cm³/mol. The van der Waals surface area contributed by atoms with Crippen LogP contribution in [0.4, 0.5) is 10.8 Å². The molecular formula is C21H15ClN4O3S2. The molecule has 0 radical (unpaired) electrons. The molecule has 4 aromatic rings. The van der Waals surface area contributed by atoms with Gasteiger partial charge in [0.25, 0.3) is 15.9 Å². The van der Waals surface area contributed by atoms with Crippen LogP contribution in [0, 0.1) is 0 Å². The van der Waals surface area contributed by atoms with Gasteiger partial charge in [-0.1, -0.05) is 29.8 Å². The number of carbonyl (C=O) groups is 1. The van der Waals surface area contributed by atoms with Crippen LogP contribution in [0.5, 0.6) is 0 Å². The van der Waals surface area contributed by atoms with Crippen molar-refractivity contribution in [2.24, 2.45) is 0 Å². The van der Waals surface area contributed by atoms with Gasteiger partial charge in [0.2, 0.25) is 0 Å². The Hall–Kier alpha value is -3.27. The number of benzene rings is 2. The van der Waals surface area contributed by atoms with Gasteiger partial charge in [0.1, 0.15) is 5.69 Å². The van der Waals surface area contributed by atoms with Gasteiger partial charge in [-0.25, -0.2) is 13.4 Å². The van der Waals surface area contributed by atoms with Crippen LogP contribution in [0.3, 0.4) is 0 Å². The molecule has 156 valence electrons. The average Bonchev–Trinajstić information content (AvgIpc) is 3.23. The second kappa shape index (κ2) is 8.84. The van der Waals surface area contributed by atoms with Crippen molar-refractivity contribution in [2.75, 3.05) is 10.0 Å². The highest BCUT2D eigenvalue weighted by atomic mass is 35.5. The Morgan fingerprint density at radius 1 is 0.968 bits per heavy atom. The third-order valence-corrected chi connectivity index (χ3v) is 6.51. The Balaban J connectivity index is 1.51. The number of nitrogens with zero attached hydrogens (tertiary/aromatic N) is 2. The highest BCUT2D eigenvalue weighted by Gasteiger charge is 2.17. The smallest absolute Gasteiger partial charge is 0.261 e. The summed E-state index contributed by atoms with van der Waals surface area (Å²) in [6.45, 7) is 0. The first-order chi connectivity index (χ1) is 14.9. The Labute approximate surface area is 187 Å². The quantitative estimate of drug-likeness (QED) is 0.417. The molecule has 2 N–H and O–H groups in total. The summed E-state index contributed by atoms with van der Waals surface area (Å²) in [7, 11) is -3.90. The summed E-state index contributed by atoms with van der Waals surface area (Å²) in [5.74, 6) is -0.471. The van der Waals surface area contributed by atoms with Crippen molar-refractivity contribution in [3.63, 3.8) is 0 Å². The fraction of sp³-hybridized carbons (Fsp3) is 0. The van der Waals surface area contributed by atoms with Crippen LogP contribution in [-0.2, 0) is 10.0 Å². The van der Waals surface area contributed by atoms with E-state index in [0.717, 1.165) is 0 Å².